The molecule has 2 fully saturated rings. The summed E-state index contributed by atoms with van der Waals surface area (Å²) in [4.78, 5) is 25.2. The highest BCUT2D eigenvalue weighted by atomic mass is 16.2. The van der Waals surface area contributed by atoms with Gasteiger partial charge in [-0.2, -0.15) is 0 Å². The first-order chi connectivity index (χ1) is 7.69. The Bertz CT molecular complexity index is 298. The number of urea groups is 1. The number of carbonyl (C=O) groups is 2. The van der Waals surface area contributed by atoms with Crippen LogP contribution >= 0.6 is 0 Å². The summed E-state index contributed by atoms with van der Waals surface area (Å²) in [6, 6.07) is -0.218. The van der Waals surface area contributed by atoms with Gasteiger partial charge in [-0.05, 0) is 19.4 Å². The molecule has 0 aromatic heterocycles. The van der Waals surface area contributed by atoms with Crippen LogP contribution in [0.2, 0.25) is 0 Å². The molecule has 0 bridgehead atoms. The molecule has 2 aliphatic heterocycles. The molecule has 1 unspecified atom stereocenters. The number of hydrogen-bond acceptors (Lipinski definition) is 3. The molecule has 0 radical (unpaired) electrons. The molecule has 0 aliphatic carbocycles. The van der Waals surface area contributed by atoms with E-state index in [1.165, 1.54) is 4.90 Å². The van der Waals surface area contributed by atoms with E-state index in [9.17, 15) is 9.59 Å². The highest BCUT2D eigenvalue weighted by molar-refractivity contribution is 6.07. The number of carbonyl (C=O) groups excluding carboxylic acids is 2. The van der Waals surface area contributed by atoms with Crippen LogP contribution in [0, 0.1) is 0 Å². The predicted octanol–water partition coefficient (Wildman–Crippen LogP) is 0.461. The van der Waals surface area contributed by atoms with Crippen LogP contribution in [-0.2, 0) is 4.79 Å². The molecule has 2 saturated heterocycles. The lowest BCUT2D eigenvalue weighted by atomic mass is 9.99. The van der Waals surface area contributed by atoms with Crippen LogP contribution in [0.5, 0.6) is 0 Å². The number of unbranched alkanes of at least 4 members (excludes halogenated alkanes) is 2. The van der Waals surface area contributed by atoms with Crippen LogP contribution in [0.4, 0.5) is 4.79 Å². The average Bonchev–Trinajstić information content (AvgIpc) is 2.80. The van der Waals surface area contributed by atoms with Gasteiger partial charge >= 0.3 is 6.03 Å². The van der Waals surface area contributed by atoms with Crippen molar-refractivity contribution in [1.82, 2.24) is 15.5 Å². The minimum Gasteiger partial charge on any atom is -0.322 e. The van der Waals surface area contributed by atoms with Gasteiger partial charge in [-0.15, -0.1) is 0 Å². The first kappa shape index (κ1) is 11.4. The normalized spacial score (nSPS) is 29.2. The van der Waals surface area contributed by atoms with Crippen molar-refractivity contribution >= 4 is 11.9 Å². The van der Waals surface area contributed by atoms with Gasteiger partial charge < -0.3 is 10.6 Å². The molecule has 90 valence electrons. The van der Waals surface area contributed by atoms with Crippen molar-refractivity contribution < 1.29 is 9.59 Å². The second-order valence-corrected chi connectivity index (χ2v) is 4.60. The maximum atomic E-state index is 12.1. The molecule has 0 saturated carbocycles. The Kier molecular flexibility index (Phi) is 3.14. The first-order valence-corrected chi connectivity index (χ1v) is 6.04. The maximum Gasteiger partial charge on any atom is 0.325 e. The Morgan fingerprint density at radius 3 is 2.81 bits per heavy atom. The quantitative estimate of drug-likeness (QED) is 0.540. The third-order valence-electron chi connectivity index (χ3n) is 3.39. The first-order valence-electron chi connectivity index (χ1n) is 6.04. The molecule has 0 aromatic carbocycles. The summed E-state index contributed by atoms with van der Waals surface area (Å²) in [5.41, 5.74) is -0.636. The molecular weight excluding hydrogens is 206 g/mol. The molecule has 2 aliphatic rings. The van der Waals surface area contributed by atoms with E-state index < -0.39 is 5.54 Å². The molecule has 0 aromatic rings. The number of imide groups is 1. The fraction of sp³-hybridized carbons (Fsp3) is 0.818. The van der Waals surface area contributed by atoms with Crippen molar-refractivity contribution in [2.45, 2.75) is 38.1 Å². The van der Waals surface area contributed by atoms with Gasteiger partial charge in [0.1, 0.15) is 5.54 Å². The SMILES string of the molecule is CCCCCN1C(=O)NC2(CCNC2)C1=O. The molecule has 16 heavy (non-hydrogen) atoms. The Labute approximate surface area is 95.6 Å². The number of hydrogen-bond donors (Lipinski definition) is 2. The minimum atomic E-state index is -0.636. The van der Waals surface area contributed by atoms with Gasteiger partial charge in [0.05, 0.1) is 0 Å². The molecule has 3 amide bonds. The van der Waals surface area contributed by atoms with Crippen molar-refractivity contribution in [2.24, 2.45) is 0 Å². The Hall–Kier alpha value is -1.10. The van der Waals surface area contributed by atoms with Crippen LogP contribution in [0.1, 0.15) is 32.6 Å². The second-order valence-electron chi connectivity index (χ2n) is 4.60. The minimum absolute atomic E-state index is 0.0430. The van der Waals surface area contributed by atoms with Gasteiger partial charge in [-0.1, -0.05) is 19.8 Å². The van der Waals surface area contributed by atoms with E-state index >= 15 is 0 Å². The van der Waals surface area contributed by atoms with E-state index in [0.717, 1.165) is 25.8 Å². The van der Waals surface area contributed by atoms with Crippen LogP contribution in [0.25, 0.3) is 0 Å². The summed E-state index contributed by atoms with van der Waals surface area (Å²) in [7, 11) is 0. The second kappa shape index (κ2) is 4.41. The van der Waals surface area contributed by atoms with Crippen LogP contribution < -0.4 is 10.6 Å². The van der Waals surface area contributed by atoms with Crippen molar-refractivity contribution in [2.75, 3.05) is 19.6 Å². The van der Waals surface area contributed by atoms with E-state index in [0.29, 0.717) is 19.5 Å². The molecule has 2 heterocycles. The average molecular weight is 225 g/mol. The number of nitrogens with zero attached hydrogens (tertiary/aromatic N) is 1. The van der Waals surface area contributed by atoms with Gasteiger partial charge in [0, 0.05) is 13.1 Å². The molecular formula is C11H19N3O2. The monoisotopic (exact) mass is 225 g/mol. The van der Waals surface area contributed by atoms with Crippen LogP contribution in [-0.4, -0.2) is 42.0 Å². The van der Waals surface area contributed by atoms with E-state index in [1.807, 2.05) is 0 Å². The summed E-state index contributed by atoms with van der Waals surface area (Å²) in [5.74, 6) is -0.0430. The maximum absolute atomic E-state index is 12.1. The molecule has 5 nitrogen and oxygen atoms in total. The molecule has 1 spiro atoms. The van der Waals surface area contributed by atoms with E-state index in [2.05, 4.69) is 17.6 Å². The summed E-state index contributed by atoms with van der Waals surface area (Å²) in [5, 5.41) is 5.96. The van der Waals surface area contributed by atoms with Crippen molar-refractivity contribution in [3.63, 3.8) is 0 Å². The van der Waals surface area contributed by atoms with Crippen LogP contribution in [0.3, 0.4) is 0 Å². The zero-order chi connectivity index (χ0) is 11.6. The van der Waals surface area contributed by atoms with E-state index in [4.69, 9.17) is 0 Å². The standard InChI is InChI=1S/C11H19N3O2/c1-2-3-4-7-14-9(15)11(13-10(14)16)5-6-12-8-11/h12H,2-8H2,1H3,(H,13,16). The largest absolute Gasteiger partial charge is 0.325 e. The lowest BCUT2D eigenvalue weighted by Gasteiger charge is -2.19. The molecule has 1 atom stereocenters. The van der Waals surface area contributed by atoms with Gasteiger partial charge in [-0.3, -0.25) is 9.69 Å². The summed E-state index contributed by atoms with van der Waals surface area (Å²) in [6.45, 7) is 4.03. The van der Waals surface area contributed by atoms with Crippen molar-refractivity contribution in [3.8, 4) is 0 Å². The lowest BCUT2D eigenvalue weighted by molar-refractivity contribution is -0.130. The van der Waals surface area contributed by atoms with Gasteiger partial charge in [0.2, 0.25) is 0 Å². The summed E-state index contributed by atoms with van der Waals surface area (Å²) in [6.07, 6.45) is 3.76. The van der Waals surface area contributed by atoms with E-state index in [1.54, 1.807) is 0 Å². The fourth-order valence-corrected chi connectivity index (χ4v) is 2.38. The third-order valence-corrected chi connectivity index (χ3v) is 3.39. The molecule has 2 rings (SSSR count). The Balaban J connectivity index is 1.99. The number of rotatable bonds is 4. The smallest absolute Gasteiger partial charge is 0.322 e. The number of nitrogens with one attached hydrogen (secondary N) is 2. The van der Waals surface area contributed by atoms with Gasteiger partial charge in [-0.25, -0.2) is 4.79 Å². The van der Waals surface area contributed by atoms with Crippen LogP contribution in [0.15, 0.2) is 0 Å². The van der Waals surface area contributed by atoms with Crippen molar-refractivity contribution in [1.29, 1.82) is 0 Å². The van der Waals surface area contributed by atoms with Gasteiger partial charge in [0.25, 0.3) is 5.91 Å². The van der Waals surface area contributed by atoms with Gasteiger partial charge in [0.15, 0.2) is 0 Å². The third kappa shape index (κ3) is 1.80. The molecule has 5 heteroatoms. The number of amides is 3. The van der Waals surface area contributed by atoms with Crippen molar-refractivity contribution in [3.05, 3.63) is 0 Å². The highest BCUT2D eigenvalue weighted by Gasteiger charge is 2.52. The zero-order valence-corrected chi connectivity index (χ0v) is 9.71. The topological polar surface area (TPSA) is 61.4 Å². The van der Waals surface area contributed by atoms with E-state index in [-0.39, 0.29) is 11.9 Å². The Morgan fingerprint density at radius 1 is 1.38 bits per heavy atom. The summed E-state index contributed by atoms with van der Waals surface area (Å²) < 4.78 is 0. The lowest BCUT2D eigenvalue weighted by Crippen LogP contribution is -2.48. The fourth-order valence-electron chi connectivity index (χ4n) is 2.38. The predicted molar refractivity (Wildman–Crippen MR) is 60.0 cm³/mol. The highest BCUT2D eigenvalue weighted by Crippen LogP contribution is 2.24. The molecule has 2 N–H and O–H groups in total. The zero-order valence-electron chi connectivity index (χ0n) is 9.71. The summed E-state index contributed by atoms with van der Waals surface area (Å²) >= 11 is 0. The Morgan fingerprint density at radius 2 is 2.19 bits per heavy atom.